The van der Waals surface area contributed by atoms with Crippen LogP contribution in [0.2, 0.25) is 5.02 Å². The normalized spacial score (nSPS) is 10.6. The van der Waals surface area contributed by atoms with Gasteiger partial charge in [0.1, 0.15) is 0 Å². The minimum atomic E-state index is -3.05. The fraction of sp³-hybridized carbons (Fsp3) is 0.250. The van der Waals surface area contributed by atoms with Gasteiger partial charge >= 0.3 is 6.61 Å². The summed E-state index contributed by atoms with van der Waals surface area (Å²) in [6, 6.07) is 2.34. The molecule has 0 bridgehead atoms. The number of alkyl halides is 2. The molecule has 0 fully saturated rings. The molecule has 0 amide bonds. The van der Waals surface area contributed by atoms with Gasteiger partial charge in [-0.15, -0.1) is 0 Å². The van der Waals surface area contributed by atoms with Crippen molar-refractivity contribution in [3.63, 3.8) is 0 Å². The largest absolute Gasteiger partial charge is 0.432 e. The first-order chi connectivity index (χ1) is 6.00. The van der Waals surface area contributed by atoms with E-state index < -0.39 is 18.2 Å². The first-order valence-electron chi connectivity index (χ1n) is 3.41. The summed E-state index contributed by atoms with van der Waals surface area (Å²) in [6.07, 6.45) is 0. The quantitative estimate of drug-likeness (QED) is 0.727. The average Bonchev–Trinajstić information content (AvgIpc) is 1.98. The first kappa shape index (κ1) is 10.2. The van der Waals surface area contributed by atoms with Crippen molar-refractivity contribution in [2.45, 2.75) is 13.5 Å². The van der Waals surface area contributed by atoms with Crippen molar-refractivity contribution in [3.05, 3.63) is 28.5 Å². The summed E-state index contributed by atoms with van der Waals surface area (Å²) < 4.78 is 40.4. The molecule has 0 aliphatic rings. The second-order valence-corrected chi connectivity index (χ2v) is 2.85. The third-order valence-corrected chi connectivity index (χ3v) is 1.62. The lowest BCUT2D eigenvalue weighted by Crippen LogP contribution is -2.04. The molecular formula is C8H6ClF3O. The molecule has 0 heterocycles. The van der Waals surface area contributed by atoms with Crippen molar-refractivity contribution < 1.29 is 17.9 Å². The van der Waals surface area contributed by atoms with Gasteiger partial charge in [0.25, 0.3) is 0 Å². The van der Waals surface area contributed by atoms with Crippen molar-refractivity contribution in [2.24, 2.45) is 0 Å². The van der Waals surface area contributed by atoms with Gasteiger partial charge in [0, 0.05) is 11.1 Å². The van der Waals surface area contributed by atoms with Crippen LogP contribution >= 0.6 is 11.6 Å². The molecule has 0 saturated heterocycles. The molecule has 1 nitrogen and oxygen atoms in total. The fourth-order valence-corrected chi connectivity index (χ4v) is 1.14. The Morgan fingerprint density at radius 1 is 1.38 bits per heavy atom. The Morgan fingerprint density at radius 2 is 2.00 bits per heavy atom. The number of hydrogen-bond donors (Lipinski definition) is 0. The van der Waals surface area contributed by atoms with Gasteiger partial charge in [0.15, 0.2) is 11.6 Å². The van der Waals surface area contributed by atoms with E-state index in [-0.39, 0.29) is 10.6 Å². The molecule has 1 aromatic rings. The lowest BCUT2D eigenvalue weighted by Gasteiger charge is -2.07. The van der Waals surface area contributed by atoms with Crippen LogP contribution in [-0.2, 0) is 0 Å². The molecule has 0 radical (unpaired) electrons. The molecule has 0 atom stereocenters. The van der Waals surface area contributed by atoms with E-state index in [0.717, 1.165) is 6.07 Å². The van der Waals surface area contributed by atoms with Gasteiger partial charge in [-0.2, -0.15) is 8.78 Å². The second-order valence-electron chi connectivity index (χ2n) is 2.41. The predicted molar refractivity (Wildman–Crippen MR) is 42.8 cm³/mol. The summed E-state index contributed by atoms with van der Waals surface area (Å²) in [5.41, 5.74) is 0.170. The van der Waals surface area contributed by atoms with Crippen LogP contribution in [0.4, 0.5) is 13.2 Å². The summed E-state index contributed by atoms with van der Waals surface area (Å²) in [4.78, 5) is 0. The molecule has 0 spiro atoms. The molecule has 1 rings (SSSR count). The molecule has 13 heavy (non-hydrogen) atoms. The third kappa shape index (κ3) is 2.52. The maximum atomic E-state index is 13.0. The van der Waals surface area contributed by atoms with Gasteiger partial charge < -0.3 is 4.74 Å². The summed E-state index contributed by atoms with van der Waals surface area (Å²) in [5.74, 6) is -1.34. The van der Waals surface area contributed by atoms with E-state index in [9.17, 15) is 13.2 Å². The number of hydrogen-bond acceptors (Lipinski definition) is 1. The highest BCUT2D eigenvalue weighted by atomic mass is 35.5. The fourth-order valence-electron chi connectivity index (χ4n) is 0.877. The van der Waals surface area contributed by atoms with E-state index in [1.165, 1.54) is 13.0 Å². The van der Waals surface area contributed by atoms with E-state index in [0.29, 0.717) is 0 Å². The van der Waals surface area contributed by atoms with Crippen LogP contribution in [0.5, 0.6) is 5.75 Å². The summed E-state index contributed by atoms with van der Waals surface area (Å²) in [6.45, 7) is -1.63. The van der Waals surface area contributed by atoms with Crippen molar-refractivity contribution in [3.8, 4) is 5.75 Å². The smallest absolute Gasteiger partial charge is 0.387 e. The molecule has 0 N–H and O–H groups in total. The van der Waals surface area contributed by atoms with Crippen LogP contribution in [-0.4, -0.2) is 6.61 Å². The van der Waals surface area contributed by atoms with Gasteiger partial charge in [-0.3, -0.25) is 0 Å². The number of ether oxygens (including phenoxy) is 1. The summed E-state index contributed by atoms with van der Waals surface area (Å²) in [7, 11) is 0. The summed E-state index contributed by atoms with van der Waals surface area (Å²) in [5, 5.41) is 0.162. The van der Waals surface area contributed by atoms with Gasteiger partial charge in [0.2, 0.25) is 0 Å². The molecule has 0 unspecified atom stereocenters. The number of benzene rings is 1. The Balaban J connectivity index is 3.05. The third-order valence-electron chi connectivity index (χ3n) is 1.40. The van der Waals surface area contributed by atoms with Crippen LogP contribution in [0.25, 0.3) is 0 Å². The van der Waals surface area contributed by atoms with Crippen LogP contribution in [0.15, 0.2) is 12.1 Å². The lowest BCUT2D eigenvalue weighted by atomic mass is 10.2. The minimum absolute atomic E-state index is 0.162. The van der Waals surface area contributed by atoms with Crippen molar-refractivity contribution >= 4 is 11.6 Å². The van der Waals surface area contributed by atoms with Crippen LogP contribution in [0, 0.1) is 12.7 Å². The highest BCUT2D eigenvalue weighted by Crippen LogP contribution is 2.26. The predicted octanol–water partition coefficient (Wildman–Crippen LogP) is 3.39. The Labute approximate surface area is 78.1 Å². The van der Waals surface area contributed by atoms with Crippen molar-refractivity contribution in [2.75, 3.05) is 0 Å². The second kappa shape index (κ2) is 3.87. The van der Waals surface area contributed by atoms with Gasteiger partial charge in [-0.05, 0) is 18.6 Å². The Hall–Kier alpha value is -0.900. The average molecular weight is 211 g/mol. The zero-order chi connectivity index (χ0) is 10.0. The van der Waals surface area contributed by atoms with Gasteiger partial charge in [0.05, 0.1) is 0 Å². The Kier molecular flexibility index (Phi) is 3.03. The van der Waals surface area contributed by atoms with Crippen LogP contribution < -0.4 is 4.74 Å². The monoisotopic (exact) mass is 210 g/mol. The zero-order valence-corrected chi connectivity index (χ0v) is 7.41. The van der Waals surface area contributed by atoms with E-state index in [4.69, 9.17) is 11.6 Å². The standard InChI is InChI=1S/C8H6ClF3O/c1-4-2-5(9)3-6(7(4)10)13-8(11)12/h2-3,8H,1H3. The number of halogens is 4. The highest BCUT2D eigenvalue weighted by Gasteiger charge is 2.12. The van der Waals surface area contributed by atoms with Crippen molar-refractivity contribution in [1.82, 2.24) is 0 Å². The summed E-state index contributed by atoms with van der Waals surface area (Å²) >= 11 is 5.51. The molecule has 72 valence electrons. The molecular weight excluding hydrogens is 205 g/mol. The van der Waals surface area contributed by atoms with Gasteiger partial charge in [-0.1, -0.05) is 11.6 Å². The molecule has 5 heteroatoms. The molecule has 0 aromatic heterocycles. The topological polar surface area (TPSA) is 9.23 Å². The SMILES string of the molecule is Cc1cc(Cl)cc(OC(F)F)c1F. The van der Waals surface area contributed by atoms with Crippen LogP contribution in [0.1, 0.15) is 5.56 Å². The first-order valence-corrected chi connectivity index (χ1v) is 3.79. The molecule has 0 aliphatic heterocycles. The van der Waals surface area contributed by atoms with E-state index in [1.807, 2.05) is 0 Å². The van der Waals surface area contributed by atoms with Gasteiger partial charge in [-0.25, -0.2) is 4.39 Å². The Bertz CT molecular complexity index is 315. The number of rotatable bonds is 2. The van der Waals surface area contributed by atoms with E-state index >= 15 is 0 Å². The van der Waals surface area contributed by atoms with E-state index in [2.05, 4.69) is 4.74 Å². The Morgan fingerprint density at radius 3 is 2.54 bits per heavy atom. The number of aryl methyl sites for hydroxylation is 1. The van der Waals surface area contributed by atoms with E-state index in [1.54, 1.807) is 0 Å². The molecule has 0 aliphatic carbocycles. The maximum Gasteiger partial charge on any atom is 0.387 e. The molecule has 0 saturated carbocycles. The highest BCUT2D eigenvalue weighted by molar-refractivity contribution is 6.30. The molecule has 1 aromatic carbocycles. The lowest BCUT2D eigenvalue weighted by molar-refractivity contribution is -0.0522. The maximum absolute atomic E-state index is 13.0. The zero-order valence-electron chi connectivity index (χ0n) is 6.65. The minimum Gasteiger partial charge on any atom is -0.432 e. The van der Waals surface area contributed by atoms with Crippen molar-refractivity contribution in [1.29, 1.82) is 0 Å². The van der Waals surface area contributed by atoms with Crippen LogP contribution in [0.3, 0.4) is 0 Å².